The van der Waals surface area contributed by atoms with Gasteiger partial charge in [-0.2, -0.15) is 4.98 Å². The van der Waals surface area contributed by atoms with Gasteiger partial charge in [0.2, 0.25) is 11.8 Å². The summed E-state index contributed by atoms with van der Waals surface area (Å²) in [6.07, 6.45) is 5.53. The van der Waals surface area contributed by atoms with Crippen LogP contribution in [0, 0.1) is 17.6 Å². The number of nitrogens with zero attached hydrogens (tertiary/aromatic N) is 2. The lowest BCUT2D eigenvalue weighted by Gasteiger charge is -2.33. The number of pyridine rings is 1. The molecule has 2 heterocycles. The zero-order valence-corrected chi connectivity index (χ0v) is 21.7. The van der Waals surface area contributed by atoms with Crippen LogP contribution in [0.15, 0.2) is 24.3 Å². The molecular weight excluding hydrogens is 466 g/mol. The fourth-order valence-electron chi connectivity index (χ4n) is 4.29. The second kappa shape index (κ2) is 14.0. The zero-order valence-electron chi connectivity index (χ0n) is 21.7. The highest BCUT2D eigenvalue weighted by Gasteiger charge is 2.25. The highest BCUT2D eigenvalue weighted by Crippen LogP contribution is 2.37. The predicted octanol–water partition coefficient (Wildman–Crippen LogP) is 6.55. The molecule has 0 unspecified atom stereocenters. The molecule has 0 amide bonds. The van der Waals surface area contributed by atoms with Crippen molar-refractivity contribution in [2.45, 2.75) is 65.7 Å². The molecule has 1 fully saturated rings. The van der Waals surface area contributed by atoms with Gasteiger partial charge in [0, 0.05) is 31.3 Å². The number of aromatic nitrogens is 1. The Labute approximate surface area is 212 Å². The third-order valence-electron chi connectivity index (χ3n) is 6.36. The first-order valence-electron chi connectivity index (χ1n) is 13.1. The van der Waals surface area contributed by atoms with Gasteiger partial charge in [0.1, 0.15) is 11.6 Å². The SMILES string of the molecule is CCCCOc1ccc(-c2c(F)cc(N3CCC(CC(=O)OCC)CC3)cc2F)c(OCCCC)n1. The van der Waals surface area contributed by atoms with Gasteiger partial charge in [-0.05, 0) is 56.7 Å². The van der Waals surface area contributed by atoms with Gasteiger partial charge in [-0.1, -0.05) is 26.7 Å². The number of rotatable bonds is 13. The van der Waals surface area contributed by atoms with Crippen molar-refractivity contribution in [3.8, 4) is 22.9 Å². The Morgan fingerprint density at radius 3 is 2.25 bits per heavy atom. The number of esters is 1. The summed E-state index contributed by atoms with van der Waals surface area (Å²) >= 11 is 0. The van der Waals surface area contributed by atoms with Crippen LogP contribution in [0.5, 0.6) is 11.8 Å². The molecule has 3 rings (SSSR count). The molecule has 36 heavy (non-hydrogen) atoms. The third kappa shape index (κ3) is 7.55. The van der Waals surface area contributed by atoms with Gasteiger partial charge in [-0.3, -0.25) is 4.79 Å². The topological polar surface area (TPSA) is 60.9 Å². The second-order valence-electron chi connectivity index (χ2n) is 9.13. The first-order chi connectivity index (χ1) is 17.5. The van der Waals surface area contributed by atoms with Crippen LogP contribution in [0.1, 0.15) is 65.7 Å². The van der Waals surface area contributed by atoms with E-state index in [9.17, 15) is 4.79 Å². The van der Waals surface area contributed by atoms with Crippen LogP contribution in [-0.4, -0.2) is 43.9 Å². The Hall–Kier alpha value is -2.90. The number of piperidine rings is 1. The quantitative estimate of drug-likeness (QED) is 0.228. The van der Waals surface area contributed by atoms with E-state index in [1.54, 1.807) is 19.1 Å². The highest BCUT2D eigenvalue weighted by atomic mass is 19.1. The lowest BCUT2D eigenvalue weighted by Crippen LogP contribution is -2.34. The van der Waals surface area contributed by atoms with Crippen LogP contribution in [-0.2, 0) is 9.53 Å². The maximum atomic E-state index is 15.4. The van der Waals surface area contributed by atoms with E-state index in [1.165, 1.54) is 12.1 Å². The van der Waals surface area contributed by atoms with Crippen molar-refractivity contribution in [2.24, 2.45) is 5.92 Å². The fourth-order valence-corrected chi connectivity index (χ4v) is 4.29. The summed E-state index contributed by atoms with van der Waals surface area (Å²) in [6.45, 7) is 8.44. The molecule has 0 N–H and O–H groups in total. The maximum Gasteiger partial charge on any atom is 0.306 e. The molecule has 0 spiro atoms. The van der Waals surface area contributed by atoms with E-state index >= 15 is 8.78 Å². The minimum absolute atomic E-state index is 0.157. The van der Waals surface area contributed by atoms with Gasteiger partial charge in [-0.25, -0.2) is 8.78 Å². The molecule has 6 nitrogen and oxygen atoms in total. The zero-order chi connectivity index (χ0) is 25.9. The number of carbonyl (C=O) groups is 1. The summed E-state index contributed by atoms with van der Waals surface area (Å²) in [5.41, 5.74) is 0.600. The van der Waals surface area contributed by atoms with Gasteiger partial charge in [-0.15, -0.1) is 0 Å². The van der Waals surface area contributed by atoms with Crippen LogP contribution in [0.4, 0.5) is 14.5 Å². The lowest BCUT2D eigenvalue weighted by molar-refractivity contribution is -0.144. The molecule has 0 atom stereocenters. The van der Waals surface area contributed by atoms with E-state index < -0.39 is 11.6 Å². The summed E-state index contributed by atoms with van der Waals surface area (Å²) in [4.78, 5) is 18.1. The van der Waals surface area contributed by atoms with E-state index in [0.717, 1.165) is 38.5 Å². The summed E-state index contributed by atoms with van der Waals surface area (Å²) in [6, 6.07) is 5.97. The number of halogens is 2. The Kier molecular flexibility index (Phi) is 10.8. The van der Waals surface area contributed by atoms with Gasteiger partial charge in [0.05, 0.1) is 30.9 Å². The van der Waals surface area contributed by atoms with Crippen LogP contribution in [0.2, 0.25) is 0 Å². The van der Waals surface area contributed by atoms with Crippen LogP contribution >= 0.6 is 0 Å². The highest BCUT2D eigenvalue weighted by molar-refractivity contribution is 5.73. The Morgan fingerprint density at radius 2 is 1.64 bits per heavy atom. The number of ether oxygens (including phenoxy) is 3. The molecule has 0 radical (unpaired) electrons. The predicted molar refractivity (Wildman–Crippen MR) is 137 cm³/mol. The molecule has 198 valence electrons. The van der Waals surface area contributed by atoms with E-state index in [-0.39, 0.29) is 28.9 Å². The Bertz CT molecular complexity index is 971. The minimum Gasteiger partial charge on any atom is -0.478 e. The van der Waals surface area contributed by atoms with Gasteiger partial charge >= 0.3 is 5.97 Å². The van der Waals surface area contributed by atoms with E-state index in [4.69, 9.17) is 14.2 Å². The summed E-state index contributed by atoms with van der Waals surface area (Å²) in [5.74, 6) is -0.753. The molecule has 2 aromatic rings. The van der Waals surface area contributed by atoms with E-state index in [2.05, 4.69) is 11.9 Å². The Balaban J connectivity index is 1.78. The molecule has 8 heteroatoms. The standard InChI is InChI=1S/C28H38F2N2O4/c1-4-7-15-35-25-10-9-22(28(31-25)36-16-8-5-2)27-23(29)18-21(19-24(27)30)32-13-11-20(12-14-32)17-26(33)34-6-3/h9-10,18-20H,4-8,11-17H2,1-3H3. The normalized spacial score (nSPS) is 14.1. The number of hydrogen-bond acceptors (Lipinski definition) is 6. The number of anilines is 1. The van der Waals surface area contributed by atoms with Crippen molar-refractivity contribution < 1.29 is 27.8 Å². The molecule has 0 aliphatic carbocycles. The minimum atomic E-state index is -0.666. The monoisotopic (exact) mass is 504 g/mol. The largest absolute Gasteiger partial charge is 0.478 e. The molecule has 1 aliphatic heterocycles. The van der Waals surface area contributed by atoms with Gasteiger partial charge in [0.25, 0.3) is 0 Å². The molecule has 1 saturated heterocycles. The first kappa shape index (κ1) is 27.7. The molecule has 0 bridgehead atoms. The molecular formula is C28H38F2N2O4. The van der Waals surface area contributed by atoms with E-state index in [0.29, 0.717) is 50.9 Å². The smallest absolute Gasteiger partial charge is 0.306 e. The van der Waals surface area contributed by atoms with Crippen LogP contribution in [0.25, 0.3) is 11.1 Å². The van der Waals surface area contributed by atoms with Gasteiger partial charge < -0.3 is 19.1 Å². The van der Waals surface area contributed by atoms with Crippen molar-refractivity contribution in [3.63, 3.8) is 0 Å². The van der Waals surface area contributed by atoms with Crippen LogP contribution < -0.4 is 14.4 Å². The maximum absolute atomic E-state index is 15.4. The van der Waals surface area contributed by atoms with Gasteiger partial charge in [0.15, 0.2) is 0 Å². The average molecular weight is 505 g/mol. The number of hydrogen-bond donors (Lipinski definition) is 0. The summed E-state index contributed by atoms with van der Waals surface area (Å²) in [5, 5.41) is 0. The van der Waals surface area contributed by atoms with E-state index in [1.807, 2.05) is 11.8 Å². The summed E-state index contributed by atoms with van der Waals surface area (Å²) in [7, 11) is 0. The van der Waals surface area contributed by atoms with Crippen molar-refractivity contribution in [3.05, 3.63) is 35.9 Å². The molecule has 1 aromatic heterocycles. The summed E-state index contributed by atoms with van der Waals surface area (Å²) < 4.78 is 47.3. The second-order valence-corrected chi connectivity index (χ2v) is 9.13. The van der Waals surface area contributed by atoms with Crippen LogP contribution in [0.3, 0.4) is 0 Å². The van der Waals surface area contributed by atoms with Crippen molar-refractivity contribution in [1.29, 1.82) is 0 Å². The number of carbonyl (C=O) groups excluding carboxylic acids is 1. The van der Waals surface area contributed by atoms with Crippen molar-refractivity contribution in [2.75, 3.05) is 37.8 Å². The number of unbranched alkanes of at least 4 members (excludes halogenated alkanes) is 2. The molecule has 0 saturated carbocycles. The van der Waals surface area contributed by atoms with Crippen molar-refractivity contribution >= 4 is 11.7 Å². The van der Waals surface area contributed by atoms with Crippen molar-refractivity contribution in [1.82, 2.24) is 4.98 Å². The average Bonchev–Trinajstić information content (AvgIpc) is 2.85. The number of benzene rings is 1. The lowest BCUT2D eigenvalue weighted by atomic mass is 9.93. The fraction of sp³-hybridized carbons (Fsp3) is 0.571. The molecule has 1 aromatic carbocycles. The molecule has 1 aliphatic rings. The third-order valence-corrected chi connectivity index (χ3v) is 6.36. The Morgan fingerprint density at radius 1 is 1.00 bits per heavy atom. The first-order valence-corrected chi connectivity index (χ1v) is 13.1.